The number of benzene rings is 2. The first-order valence-corrected chi connectivity index (χ1v) is 11.8. The maximum atomic E-state index is 13.5. The Morgan fingerprint density at radius 3 is 1.87 bits per heavy atom. The molecule has 2 aromatic carbocycles. The summed E-state index contributed by atoms with van der Waals surface area (Å²) in [4.78, 5) is 0. The Morgan fingerprint density at radius 1 is 0.733 bits per heavy atom. The smallest absolute Gasteiger partial charge is 0.194 e. The Bertz CT molecular complexity index is 819. The van der Waals surface area contributed by atoms with Crippen LogP contribution < -0.4 is 0 Å². The molecule has 0 bridgehead atoms. The van der Waals surface area contributed by atoms with Crippen molar-refractivity contribution in [3.05, 3.63) is 59.4 Å². The van der Waals surface area contributed by atoms with Gasteiger partial charge in [0.05, 0.1) is 0 Å². The first kappa shape index (κ1) is 21.5. The molecule has 4 rings (SSSR count). The molecule has 4 unspecified atom stereocenters. The molecule has 0 radical (unpaired) electrons. The summed E-state index contributed by atoms with van der Waals surface area (Å²) < 4.78 is 40.2. The highest BCUT2D eigenvalue weighted by Crippen LogP contribution is 2.46. The normalized spacial score (nSPS) is 26.4. The van der Waals surface area contributed by atoms with Crippen LogP contribution in [-0.2, 0) is 6.42 Å². The van der Waals surface area contributed by atoms with Gasteiger partial charge >= 0.3 is 0 Å². The maximum Gasteiger partial charge on any atom is 0.194 e. The largest absolute Gasteiger partial charge is 0.204 e. The van der Waals surface area contributed by atoms with Crippen molar-refractivity contribution in [3.63, 3.8) is 0 Å². The number of fused-ring (bicyclic) bond motifs is 1. The van der Waals surface area contributed by atoms with Gasteiger partial charge in [0.15, 0.2) is 17.5 Å². The summed E-state index contributed by atoms with van der Waals surface area (Å²) in [5, 5.41) is 0. The van der Waals surface area contributed by atoms with Crippen LogP contribution in [-0.4, -0.2) is 0 Å². The van der Waals surface area contributed by atoms with Gasteiger partial charge in [-0.3, -0.25) is 0 Å². The van der Waals surface area contributed by atoms with Crippen LogP contribution in [0.5, 0.6) is 0 Å². The molecule has 162 valence electrons. The molecule has 30 heavy (non-hydrogen) atoms. The molecule has 3 heteroatoms. The molecule has 0 amide bonds. The van der Waals surface area contributed by atoms with Crippen molar-refractivity contribution in [3.8, 4) is 11.1 Å². The maximum absolute atomic E-state index is 13.5. The van der Waals surface area contributed by atoms with Crippen molar-refractivity contribution in [1.82, 2.24) is 0 Å². The minimum Gasteiger partial charge on any atom is -0.204 e. The van der Waals surface area contributed by atoms with Crippen molar-refractivity contribution in [2.75, 3.05) is 0 Å². The first-order valence-electron chi connectivity index (χ1n) is 11.8. The van der Waals surface area contributed by atoms with Crippen LogP contribution in [0, 0.1) is 41.1 Å². The number of hydrogen-bond acceptors (Lipinski definition) is 0. The summed E-state index contributed by atoms with van der Waals surface area (Å²) in [5.74, 6) is 0.0268. The van der Waals surface area contributed by atoms with Gasteiger partial charge in [0.25, 0.3) is 0 Å². The van der Waals surface area contributed by atoms with E-state index in [2.05, 4.69) is 6.92 Å². The van der Waals surface area contributed by atoms with Crippen molar-refractivity contribution < 1.29 is 13.2 Å². The molecule has 2 fully saturated rings. The highest BCUT2D eigenvalue weighted by atomic mass is 19.2. The lowest BCUT2D eigenvalue weighted by Crippen LogP contribution is -2.31. The van der Waals surface area contributed by atoms with E-state index in [0.717, 1.165) is 42.2 Å². The van der Waals surface area contributed by atoms with Crippen LogP contribution in [0.4, 0.5) is 13.2 Å². The van der Waals surface area contributed by atoms with E-state index in [-0.39, 0.29) is 0 Å². The Morgan fingerprint density at radius 2 is 1.30 bits per heavy atom. The average molecular weight is 415 g/mol. The minimum atomic E-state index is -1.41. The van der Waals surface area contributed by atoms with Gasteiger partial charge in [-0.2, -0.15) is 0 Å². The minimum absolute atomic E-state index is 0.370. The standard InChI is InChI=1S/C27H33F3/c1-2-3-19-8-12-23-15-20(9-13-22(23)14-19)5-4-18-6-10-21(11-7-18)24-16-25(28)27(30)26(29)17-24/h6-7,10-11,16-17,19-20,22-23H,2-5,8-9,12-15H2,1H3. The second-order valence-electron chi connectivity index (χ2n) is 9.66. The summed E-state index contributed by atoms with van der Waals surface area (Å²) in [6.45, 7) is 2.31. The Kier molecular flexibility index (Phi) is 6.85. The molecule has 0 spiro atoms. The third-order valence-corrected chi connectivity index (χ3v) is 7.64. The zero-order valence-corrected chi connectivity index (χ0v) is 18.0. The van der Waals surface area contributed by atoms with E-state index in [1.807, 2.05) is 24.3 Å². The highest BCUT2D eigenvalue weighted by Gasteiger charge is 2.34. The van der Waals surface area contributed by atoms with Crippen LogP contribution in [0.25, 0.3) is 11.1 Å². The molecule has 0 aliphatic heterocycles. The number of rotatable bonds is 6. The van der Waals surface area contributed by atoms with Crippen molar-refractivity contribution in [1.29, 1.82) is 0 Å². The summed E-state index contributed by atoms with van der Waals surface area (Å²) >= 11 is 0. The van der Waals surface area contributed by atoms with Crippen molar-refractivity contribution in [2.24, 2.45) is 23.7 Å². The van der Waals surface area contributed by atoms with Crippen LogP contribution in [0.1, 0.15) is 70.3 Å². The zero-order valence-electron chi connectivity index (χ0n) is 18.0. The number of hydrogen-bond donors (Lipinski definition) is 0. The van der Waals surface area contributed by atoms with E-state index in [9.17, 15) is 13.2 Å². The van der Waals surface area contributed by atoms with Gasteiger partial charge in [-0.1, -0.05) is 56.9 Å². The quantitative estimate of drug-likeness (QED) is 0.417. The second kappa shape index (κ2) is 9.58. The molecule has 0 N–H and O–H groups in total. The molecule has 0 aromatic heterocycles. The van der Waals surface area contributed by atoms with Gasteiger partial charge in [-0.05, 0) is 91.0 Å². The predicted molar refractivity (Wildman–Crippen MR) is 117 cm³/mol. The highest BCUT2D eigenvalue weighted by molar-refractivity contribution is 5.63. The average Bonchev–Trinajstić information content (AvgIpc) is 2.76. The Hall–Kier alpha value is -1.77. The Labute approximate surface area is 178 Å². The summed E-state index contributed by atoms with van der Waals surface area (Å²) in [6, 6.07) is 9.95. The summed E-state index contributed by atoms with van der Waals surface area (Å²) in [6.07, 6.45) is 13.5. The van der Waals surface area contributed by atoms with Crippen LogP contribution in [0.3, 0.4) is 0 Å². The molecule has 0 nitrogen and oxygen atoms in total. The van der Waals surface area contributed by atoms with E-state index < -0.39 is 17.5 Å². The lowest BCUT2D eigenvalue weighted by molar-refractivity contribution is 0.0921. The predicted octanol–water partition coefficient (Wildman–Crippen LogP) is 8.34. The zero-order chi connectivity index (χ0) is 21.1. The first-order chi connectivity index (χ1) is 14.5. The van der Waals surface area contributed by atoms with Gasteiger partial charge < -0.3 is 0 Å². The molecule has 2 saturated carbocycles. The molecule has 0 saturated heterocycles. The van der Waals surface area contributed by atoms with E-state index in [4.69, 9.17) is 0 Å². The van der Waals surface area contributed by atoms with E-state index in [1.165, 1.54) is 63.4 Å². The number of aryl methyl sites for hydroxylation is 1. The second-order valence-corrected chi connectivity index (χ2v) is 9.66. The van der Waals surface area contributed by atoms with Gasteiger partial charge in [-0.15, -0.1) is 0 Å². The van der Waals surface area contributed by atoms with Crippen LogP contribution in [0.2, 0.25) is 0 Å². The molecular formula is C27H33F3. The fraction of sp³-hybridized carbons (Fsp3) is 0.556. The van der Waals surface area contributed by atoms with Crippen LogP contribution in [0.15, 0.2) is 36.4 Å². The summed E-state index contributed by atoms with van der Waals surface area (Å²) in [5.41, 5.74) is 2.34. The molecule has 4 atom stereocenters. The fourth-order valence-corrected chi connectivity index (χ4v) is 5.97. The fourth-order valence-electron chi connectivity index (χ4n) is 5.97. The molecule has 2 aliphatic carbocycles. The topological polar surface area (TPSA) is 0 Å². The van der Waals surface area contributed by atoms with Gasteiger partial charge in [0.1, 0.15) is 0 Å². The van der Waals surface area contributed by atoms with Gasteiger partial charge in [0.2, 0.25) is 0 Å². The molecular weight excluding hydrogens is 381 g/mol. The van der Waals surface area contributed by atoms with Gasteiger partial charge in [0, 0.05) is 0 Å². The monoisotopic (exact) mass is 414 g/mol. The number of halogens is 3. The van der Waals surface area contributed by atoms with E-state index >= 15 is 0 Å². The Balaban J connectivity index is 1.30. The van der Waals surface area contributed by atoms with Gasteiger partial charge in [-0.25, -0.2) is 13.2 Å². The molecule has 2 aromatic rings. The van der Waals surface area contributed by atoms with Crippen molar-refractivity contribution >= 4 is 0 Å². The third kappa shape index (κ3) is 4.92. The van der Waals surface area contributed by atoms with E-state index in [0.29, 0.717) is 11.1 Å². The lowest BCUT2D eigenvalue weighted by Gasteiger charge is -2.42. The molecule has 0 heterocycles. The van der Waals surface area contributed by atoms with E-state index in [1.54, 1.807) is 0 Å². The van der Waals surface area contributed by atoms with Crippen molar-refractivity contribution in [2.45, 2.75) is 71.1 Å². The third-order valence-electron chi connectivity index (χ3n) is 7.64. The van der Waals surface area contributed by atoms with Crippen LogP contribution >= 0.6 is 0 Å². The summed E-state index contributed by atoms with van der Waals surface area (Å²) in [7, 11) is 0. The lowest BCUT2D eigenvalue weighted by atomic mass is 9.63. The SMILES string of the molecule is CCCC1CCC2CC(CCc3ccc(-c4cc(F)c(F)c(F)c4)cc3)CCC2C1. The molecule has 2 aliphatic rings.